The number of pyridine rings is 1. The predicted molar refractivity (Wildman–Crippen MR) is 94.4 cm³/mol. The van der Waals surface area contributed by atoms with Crippen LogP contribution in [-0.4, -0.2) is 31.8 Å². The van der Waals surface area contributed by atoms with Crippen LogP contribution in [0.1, 0.15) is 16.7 Å². The number of aromatic nitrogens is 1. The van der Waals surface area contributed by atoms with Crippen LogP contribution < -0.4 is 10.0 Å². The maximum atomic E-state index is 11.8. The van der Waals surface area contributed by atoms with Gasteiger partial charge in [-0.3, -0.25) is 4.72 Å². The molecular formula is C16H22N4O2S. The quantitative estimate of drug-likeness (QED) is 0.881. The maximum absolute atomic E-state index is 11.8. The minimum Gasteiger partial charge on any atom is -0.354 e. The molecule has 0 saturated carbocycles. The molecule has 124 valence electrons. The highest BCUT2D eigenvalue weighted by atomic mass is 32.2. The van der Waals surface area contributed by atoms with Gasteiger partial charge in [-0.2, -0.15) is 12.7 Å². The van der Waals surface area contributed by atoms with Gasteiger partial charge < -0.3 is 5.32 Å². The van der Waals surface area contributed by atoms with Gasteiger partial charge in [-0.15, -0.1) is 0 Å². The zero-order chi connectivity index (χ0) is 17.2. The van der Waals surface area contributed by atoms with Crippen molar-refractivity contribution < 1.29 is 8.42 Å². The third-order valence-corrected chi connectivity index (χ3v) is 4.85. The molecule has 0 saturated heterocycles. The molecule has 0 bridgehead atoms. The Hall–Kier alpha value is -2.12. The molecule has 1 aromatic carbocycles. The van der Waals surface area contributed by atoms with E-state index in [1.807, 2.05) is 0 Å². The standard InChI is InChI=1S/C16H22N4O2S/c1-11-8-12(2)16(13(3)9-11)18-14-6-7-15(17-10-14)19-23(21,22)20(4)5/h6-10,18H,1-5H3,(H,17,19). The summed E-state index contributed by atoms with van der Waals surface area (Å²) in [5, 5.41) is 3.33. The highest BCUT2D eigenvalue weighted by molar-refractivity contribution is 7.90. The van der Waals surface area contributed by atoms with Gasteiger partial charge in [0.25, 0.3) is 0 Å². The Bertz CT molecular complexity index is 776. The molecule has 0 atom stereocenters. The van der Waals surface area contributed by atoms with Crippen LogP contribution in [0.5, 0.6) is 0 Å². The van der Waals surface area contributed by atoms with Crippen LogP contribution in [-0.2, 0) is 10.2 Å². The number of hydrogen-bond acceptors (Lipinski definition) is 4. The van der Waals surface area contributed by atoms with Crippen LogP contribution in [0.2, 0.25) is 0 Å². The number of nitrogens with zero attached hydrogens (tertiary/aromatic N) is 2. The molecule has 2 rings (SSSR count). The Morgan fingerprint density at radius 1 is 1.04 bits per heavy atom. The summed E-state index contributed by atoms with van der Waals surface area (Å²) < 4.78 is 27.0. The fraction of sp³-hybridized carbons (Fsp3) is 0.312. The topological polar surface area (TPSA) is 74.3 Å². The molecule has 0 aliphatic heterocycles. The lowest BCUT2D eigenvalue weighted by Gasteiger charge is -2.15. The number of aryl methyl sites for hydroxylation is 3. The summed E-state index contributed by atoms with van der Waals surface area (Å²) in [5.74, 6) is 0.279. The zero-order valence-electron chi connectivity index (χ0n) is 14.0. The van der Waals surface area contributed by atoms with Gasteiger partial charge in [0.05, 0.1) is 11.9 Å². The first kappa shape index (κ1) is 17.2. The first-order valence-corrected chi connectivity index (χ1v) is 8.64. The lowest BCUT2D eigenvalue weighted by molar-refractivity contribution is 0.526. The summed E-state index contributed by atoms with van der Waals surface area (Å²) in [5.41, 5.74) is 5.36. The van der Waals surface area contributed by atoms with Crippen LogP contribution in [0.15, 0.2) is 30.5 Å². The van der Waals surface area contributed by atoms with Gasteiger partial charge in [0.15, 0.2) is 0 Å². The Morgan fingerprint density at radius 3 is 2.13 bits per heavy atom. The van der Waals surface area contributed by atoms with Gasteiger partial charge in [-0.1, -0.05) is 17.7 Å². The first-order chi connectivity index (χ1) is 10.7. The van der Waals surface area contributed by atoms with E-state index in [1.165, 1.54) is 19.7 Å². The molecular weight excluding hydrogens is 312 g/mol. The van der Waals surface area contributed by atoms with E-state index in [1.54, 1.807) is 18.3 Å². The summed E-state index contributed by atoms with van der Waals surface area (Å²) in [6.07, 6.45) is 1.60. The van der Waals surface area contributed by atoms with Crippen molar-refractivity contribution in [1.82, 2.24) is 9.29 Å². The van der Waals surface area contributed by atoms with Crippen molar-refractivity contribution in [2.45, 2.75) is 20.8 Å². The Kier molecular flexibility index (Phi) is 4.91. The van der Waals surface area contributed by atoms with Crippen molar-refractivity contribution in [1.29, 1.82) is 0 Å². The van der Waals surface area contributed by atoms with E-state index in [0.29, 0.717) is 0 Å². The molecule has 23 heavy (non-hydrogen) atoms. The monoisotopic (exact) mass is 334 g/mol. The van der Waals surface area contributed by atoms with Crippen molar-refractivity contribution in [3.8, 4) is 0 Å². The highest BCUT2D eigenvalue weighted by Crippen LogP contribution is 2.26. The third-order valence-electron chi connectivity index (χ3n) is 3.42. The lowest BCUT2D eigenvalue weighted by Crippen LogP contribution is -2.29. The van der Waals surface area contributed by atoms with Crippen LogP contribution in [0, 0.1) is 20.8 Å². The second-order valence-corrected chi connectivity index (χ2v) is 7.60. The van der Waals surface area contributed by atoms with E-state index in [0.717, 1.165) is 26.8 Å². The van der Waals surface area contributed by atoms with Crippen molar-refractivity contribution in [2.75, 3.05) is 24.1 Å². The van der Waals surface area contributed by atoms with E-state index < -0.39 is 10.2 Å². The van der Waals surface area contributed by atoms with Gasteiger partial charge >= 0.3 is 10.2 Å². The van der Waals surface area contributed by atoms with E-state index in [9.17, 15) is 8.42 Å². The van der Waals surface area contributed by atoms with E-state index in [-0.39, 0.29) is 5.82 Å². The Balaban J connectivity index is 2.18. The maximum Gasteiger partial charge on any atom is 0.302 e. The summed E-state index contributed by atoms with van der Waals surface area (Å²) in [4.78, 5) is 4.14. The molecule has 6 nitrogen and oxygen atoms in total. The SMILES string of the molecule is Cc1cc(C)c(Nc2ccc(NS(=O)(=O)N(C)C)nc2)c(C)c1. The fourth-order valence-electron chi connectivity index (χ4n) is 2.27. The number of benzene rings is 1. The third kappa shape index (κ3) is 4.20. The number of rotatable bonds is 5. The molecule has 7 heteroatoms. The number of anilines is 3. The van der Waals surface area contributed by atoms with Crippen LogP contribution in [0.3, 0.4) is 0 Å². The van der Waals surface area contributed by atoms with Crippen LogP contribution in [0.4, 0.5) is 17.2 Å². The van der Waals surface area contributed by atoms with E-state index in [4.69, 9.17) is 0 Å². The highest BCUT2D eigenvalue weighted by Gasteiger charge is 2.13. The minimum absolute atomic E-state index is 0.279. The van der Waals surface area contributed by atoms with Crippen molar-refractivity contribution in [2.24, 2.45) is 0 Å². The van der Waals surface area contributed by atoms with Gasteiger partial charge in [0.2, 0.25) is 0 Å². The zero-order valence-corrected chi connectivity index (χ0v) is 14.8. The molecule has 0 unspecified atom stereocenters. The molecule has 1 heterocycles. The first-order valence-electron chi connectivity index (χ1n) is 7.20. The van der Waals surface area contributed by atoms with Crippen molar-refractivity contribution in [3.63, 3.8) is 0 Å². The van der Waals surface area contributed by atoms with Crippen LogP contribution >= 0.6 is 0 Å². The van der Waals surface area contributed by atoms with Gasteiger partial charge in [0, 0.05) is 19.8 Å². The molecule has 2 aromatic rings. The Labute approximate surface area is 137 Å². The number of nitrogens with one attached hydrogen (secondary N) is 2. The predicted octanol–water partition coefficient (Wildman–Crippen LogP) is 2.97. The average molecular weight is 334 g/mol. The lowest BCUT2D eigenvalue weighted by atomic mass is 10.1. The molecule has 0 amide bonds. The molecule has 0 radical (unpaired) electrons. The van der Waals surface area contributed by atoms with Gasteiger partial charge in [0.1, 0.15) is 5.82 Å². The van der Waals surface area contributed by atoms with E-state index in [2.05, 4.69) is 47.9 Å². The van der Waals surface area contributed by atoms with E-state index >= 15 is 0 Å². The molecule has 0 aliphatic rings. The summed E-state index contributed by atoms with van der Waals surface area (Å²) >= 11 is 0. The smallest absolute Gasteiger partial charge is 0.302 e. The summed E-state index contributed by atoms with van der Waals surface area (Å²) in [6, 6.07) is 7.65. The summed E-state index contributed by atoms with van der Waals surface area (Å²) in [6.45, 7) is 6.17. The number of hydrogen-bond donors (Lipinski definition) is 2. The molecule has 0 spiro atoms. The minimum atomic E-state index is -3.54. The second kappa shape index (κ2) is 6.55. The summed E-state index contributed by atoms with van der Waals surface area (Å²) in [7, 11) is -0.622. The van der Waals surface area contributed by atoms with Crippen LogP contribution in [0.25, 0.3) is 0 Å². The van der Waals surface area contributed by atoms with Crippen molar-refractivity contribution >= 4 is 27.4 Å². The molecule has 0 aliphatic carbocycles. The van der Waals surface area contributed by atoms with Crippen molar-refractivity contribution in [3.05, 3.63) is 47.2 Å². The second-order valence-electron chi connectivity index (χ2n) is 5.72. The average Bonchev–Trinajstić information content (AvgIpc) is 2.44. The normalized spacial score (nSPS) is 11.6. The van der Waals surface area contributed by atoms with Gasteiger partial charge in [-0.25, -0.2) is 4.98 Å². The molecule has 0 fully saturated rings. The molecule has 1 aromatic heterocycles. The Morgan fingerprint density at radius 2 is 1.65 bits per heavy atom. The largest absolute Gasteiger partial charge is 0.354 e. The molecule has 2 N–H and O–H groups in total. The fourth-order valence-corrected chi connectivity index (χ4v) is 2.84. The van der Waals surface area contributed by atoms with Gasteiger partial charge in [-0.05, 0) is 44.0 Å².